The predicted octanol–water partition coefficient (Wildman–Crippen LogP) is 1.99. The van der Waals surface area contributed by atoms with E-state index >= 15 is 0 Å². The number of nitrogens with one attached hydrogen (secondary N) is 1. The van der Waals surface area contributed by atoms with Crippen LogP contribution in [0.3, 0.4) is 0 Å². The molecule has 0 aromatic carbocycles. The summed E-state index contributed by atoms with van der Waals surface area (Å²) in [6.07, 6.45) is 5.70. The molecular weight excluding hydrogens is 258 g/mol. The standard InChI is InChI=1S/C13H15N5S/c14-13(15)11-5-17-12(6-16-11)18(10-1-2-10)7-9-3-4-19-8-9/h3-6,8,10H,1-2,7H2,(H3,14,15). The van der Waals surface area contributed by atoms with Gasteiger partial charge in [-0.25, -0.2) is 9.97 Å². The van der Waals surface area contributed by atoms with Gasteiger partial charge in [0.05, 0.1) is 12.4 Å². The Morgan fingerprint density at radius 3 is 2.79 bits per heavy atom. The van der Waals surface area contributed by atoms with Gasteiger partial charge in [0.1, 0.15) is 17.3 Å². The van der Waals surface area contributed by atoms with Crippen molar-refractivity contribution in [3.63, 3.8) is 0 Å². The van der Waals surface area contributed by atoms with Crippen molar-refractivity contribution in [2.45, 2.75) is 25.4 Å². The zero-order valence-corrected chi connectivity index (χ0v) is 11.2. The van der Waals surface area contributed by atoms with Crippen LogP contribution in [0.1, 0.15) is 24.1 Å². The molecular formula is C13H15N5S. The molecule has 1 fully saturated rings. The van der Waals surface area contributed by atoms with Crippen LogP contribution in [0.2, 0.25) is 0 Å². The first-order chi connectivity index (χ1) is 9.24. The number of aromatic nitrogens is 2. The van der Waals surface area contributed by atoms with Crippen LogP contribution in [-0.2, 0) is 6.54 Å². The summed E-state index contributed by atoms with van der Waals surface area (Å²) in [6, 6.07) is 2.70. The summed E-state index contributed by atoms with van der Waals surface area (Å²) in [5, 5.41) is 11.6. The quantitative estimate of drug-likeness (QED) is 0.645. The van der Waals surface area contributed by atoms with Crippen LogP contribution in [0, 0.1) is 5.41 Å². The zero-order chi connectivity index (χ0) is 13.2. The topological polar surface area (TPSA) is 78.9 Å². The third-order valence-electron chi connectivity index (χ3n) is 3.13. The lowest BCUT2D eigenvalue weighted by Crippen LogP contribution is -2.26. The van der Waals surface area contributed by atoms with E-state index in [2.05, 4.69) is 31.7 Å². The Kier molecular flexibility index (Phi) is 3.16. The fraction of sp³-hybridized carbons (Fsp3) is 0.308. The highest BCUT2D eigenvalue weighted by Gasteiger charge is 2.30. The molecule has 3 N–H and O–H groups in total. The summed E-state index contributed by atoms with van der Waals surface area (Å²) in [6.45, 7) is 0.863. The summed E-state index contributed by atoms with van der Waals surface area (Å²) >= 11 is 1.71. The first kappa shape index (κ1) is 12.1. The van der Waals surface area contributed by atoms with Crippen LogP contribution in [-0.4, -0.2) is 21.8 Å². The molecule has 1 aliphatic carbocycles. The molecule has 0 unspecified atom stereocenters. The molecule has 5 nitrogen and oxygen atoms in total. The lowest BCUT2D eigenvalue weighted by Gasteiger charge is -2.22. The molecule has 0 bridgehead atoms. The lowest BCUT2D eigenvalue weighted by atomic mass is 10.3. The molecule has 0 aliphatic heterocycles. The van der Waals surface area contributed by atoms with Gasteiger partial charge in [-0.3, -0.25) is 5.41 Å². The van der Waals surface area contributed by atoms with Gasteiger partial charge < -0.3 is 10.6 Å². The van der Waals surface area contributed by atoms with Crippen molar-refractivity contribution in [2.75, 3.05) is 4.90 Å². The van der Waals surface area contributed by atoms with Crippen LogP contribution < -0.4 is 10.6 Å². The van der Waals surface area contributed by atoms with Crippen molar-refractivity contribution in [1.29, 1.82) is 5.41 Å². The van der Waals surface area contributed by atoms with E-state index < -0.39 is 0 Å². The van der Waals surface area contributed by atoms with E-state index in [1.54, 1.807) is 23.7 Å². The third-order valence-corrected chi connectivity index (χ3v) is 3.86. The molecule has 98 valence electrons. The van der Waals surface area contributed by atoms with Gasteiger partial charge in [0, 0.05) is 12.6 Å². The number of hydrogen-bond donors (Lipinski definition) is 2. The summed E-state index contributed by atoms with van der Waals surface area (Å²) in [4.78, 5) is 10.9. The highest BCUT2D eigenvalue weighted by molar-refractivity contribution is 7.07. The van der Waals surface area contributed by atoms with Crippen LogP contribution in [0.15, 0.2) is 29.2 Å². The molecule has 0 spiro atoms. The summed E-state index contributed by atoms with van der Waals surface area (Å²) in [5.74, 6) is 0.813. The summed E-state index contributed by atoms with van der Waals surface area (Å²) in [7, 11) is 0. The number of hydrogen-bond acceptors (Lipinski definition) is 5. The minimum absolute atomic E-state index is 0.0464. The highest BCUT2D eigenvalue weighted by atomic mass is 32.1. The van der Waals surface area contributed by atoms with Crippen LogP contribution in [0.25, 0.3) is 0 Å². The van der Waals surface area contributed by atoms with Gasteiger partial charge in [0.2, 0.25) is 0 Å². The molecule has 2 aromatic rings. The highest BCUT2D eigenvalue weighted by Crippen LogP contribution is 2.31. The zero-order valence-electron chi connectivity index (χ0n) is 10.4. The maximum Gasteiger partial charge on any atom is 0.147 e. The summed E-state index contributed by atoms with van der Waals surface area (Å²) in [5.41, 5.74) is 7.12. The monoisotopic (exact) mass is 273 g/mol. The van der Waals surface area contributed by atoms with Crippen molar-refractivity contribution in [3.05, 3.63) is 40.5 Å². The largest absolute Gasteiger partial charge is 0.382 e. The van der Waals surface area contributed by atoms with Gasteiger partial charge in [-0.1, -0.05) is 0 Å². The molecule has 19 heavy (non-hydrogen) atoms. The number of anilines is 1. The van der Waals surface area contributed by atoms with Crippen molar-refractivity contribution in [1.82, 2.24) is 9.97 Å². The lowest BCUT2D eigenvalue weighted by molar-refractivity contribution is 0.775. The van der Waals surface area contributed by atoms with E-state index in [1.165, 1.54) is 18.4 Å². The Hall–Kier alpha value is -1.95. The molecule has 0 radical (unpaired) electrons. The van der Waals surface area contributed by atoms with Crippen LogP contribution in [0.5, 0.6) is 0 Å². The molecule has 1 aliphatic rings. The van der Waals surface area contributed by atoms with Gasteiger partial charge in [-0.2, -0.15) is 11.3 Å². The molecule has 2 heterocycles. The molecule has 6 heteroatoms. The van der Waals surface area contributed by atoms with Crippen LogP contribution >= 0.6 is 11.3 Å². The van der Waals surface area contributed by atoms with Crippen molar-refractivity contribution in [3.8, 4) is 0 Å². The average molecular weight is 273 g/mol. The predicted molar refractivity (Wildman–Crippen MR) is 76.6 cm³/mol. The number of nitrogens with zero attached hydrogens (tertiary/aromatic N) is 3. The Bertz CT molecular complexity index is 559. The SMILES string of the molecule is N=C(N)c1cnc(N(Cc2ccsc2)C2CC2)cn1. The number of rotatable bonds is 5. The van der Waals surface area contributed by atoms with Gasteiger partial charge >= 0.3 is 0 Å². The van der Waals surface area contributed by atoms with E-state index in [0.717, 1.165) is 12.4 Å². The Morgan fingerprint density at radius 1 is 1.42 bits per heavy atom. The van der Waals surface area contributed by atoms with E-state index in [9.17, 15) is 0 Å². The molecule has 2 aromatic heterocycles. The van der Waals surface area contributed by atoms with Crippen LogP contribution in [0.4, 0.5) is 5.82 Å². The van der Waals surface area contributed by atoms with E-state index in [4.69, 9.17) is 11.1 Å². The second-order valence-electron chi connectivity index (χ2n) is 4.66. The summed E-state index contributed by atoms with van der Waals surface area (Å²) < 4.78 is 0. The average Bonchev–Trinajstić information content (AvgIpc) is 3.13. The van der Waals surface area contributed by atoms with E-state index in [0.29, 0.717) is 11.7 Å². The maximum atomic E-state index is 7.33. The van der Waals surface area contributed by atoms with Gasteiger partial charge in [0.25, 0.3) is 0 Å². The first-order valence-electron chi connectivity index (χ1n) is 6.18. The number of amidine groups is 1. The van der Waals surface area contributed by atoms with Gasteiger partial charge in [0.15, 0.2) is 0 Å². The second kappa shape index (κ2) is 4.97. The van der Waals surface area contributed by atoms with Crippen molar-refractivity contribution < 1.29 is 0 Å². The first-order valence-corrected chi connectivity index (χ1v) is 7.12. The molecule has 0 amide bonds. The molecule has 1 saturated carbocycles. The smallest absolute Gasteiger partial charge is 0.147 e. The number of thiophene rings is 1. The van der Waals surface area contributed by atoms with Gasteiger partial charge in [-0.05, 0) is 35.2 Å². The number of nitrogens with two attached hydrogens (primary N) is 1. The fourth-order valence-corrected chi connectivity index (χ4v) is 2.63. The Morgan fingerprint density at radius 2 is 2.26 bits per heavy atom. The number of nitrogen functional groups attached to an aromatic ring is 1. The maximum absolute atomic E-state index is 7.33. The Labute approximate surface area is 115 Å². The normalized spacial score (nSPS) is 14.3. The van der Waals surface area contributed by atoms with Crippen molar-refractivity contribution in [2.24, 2.45) is 5.73 Å². The van der Waals surface area contributed by atoms with Gasteiger partial charge in [-0.15, -0.1) is 0 Å². The van der Waals surface area contributed by atoms with Crippen molar-refractivity contribution >= 4 is 23.0 Å². The molecule has 0 atom stereocenters. The minimum Gasteiger partial charge on any atom is -0.382 e. The van der Waals surface area contributed by atoms with E-state index in [1.807, 2.05) is 0 Å². The Balaban J connectivity index is 1.81. The second-order valence-corrected chi connectivity index (χ2v) is 5.44. The third kappa shape index (κ3) is 2.73. The molecule has 0 saturated heterocycles. The fourth-order valence-electron chi connectivity index (χ4n) is 1.97. The molecule has 3 rings (SSSR count). The van der Waals surface area contributed by atoms with E-state index in [-0.39, 0.29) is 5.84 Å². The minimum atomic E-state index is -0.0464.